The maximum absolute atomic E-state index is 9.71. The van der Waals surface area contributed by atoms with E-state index in [-0.39, 0.29) is 6.61 Å². The number of rotatable bonds is 11. The van der Waals surface area contributed by atoms with Gasteiger partial charge in [-0.1, -0.05) is 18.2 Å². The van der Waals surface area contributed by atoms with Crippen LogP contribution in [-0.2, 0) is 14.2 Å². The minimum atomic E-state index is -0.847. The molecule has 0 saturated heterocycles. The highest BCUT2D eigenvalue weighted by Crippen LogP contribution is 2.03. The predicted octanol–water partition coefficient (Wildman–Crippen LogP) is 1.28. The summed E-state index contributed by atoms with van der Waals surface area (Å²) in [5.41, 5.74) is 0. The molecule has 0 rings (SSSR count). The SMILES string of the molecule is C=CCOCC(O)C(OCC=C)OCC=C. The van der Waals surface area contributed by atoms with Crippen LogP contribution in [0, 0.1) is 0 Å². The number of hydrogen-bond acceptors (Lipinski definition) is 4. The Morgan fingerprint density at radius 3 is 1.88 bits per heavy atom. The highest BCUT2D eigenvalue weighted by Gasteiger charge is 2.19. The van der Waals surface area contributed by atoms with Gasteiger partial charge in [0.15, 0.2) is 6.29 Å². The summed E-state index contributed by atoms with van der Waals surface area (Å²) in [6.45, 7) is 11.7. The van der Waals surface area contributed by atoms with Crippen molar-refractivity contribution >= 4 is 0 Å². The van der Waals surface area contributed by atoms with Gasteiger partial charge in [0, 0.05) is 0 Å². The molecule has 0 aromatic heterocycles. The van der Waals surface area contributed by atoms with E-state index in [4.69, 9.17) is 14.2 Å². The van der Waals surface area contributed by atoms with Crippen LogP contribution in [-0.4, -0.2) is 43.9 Å². The van der Waals surface area contributed by atoms with Crippen LogP contribution >= 0.6 is 0 Å². The van der Waals surface area contributed by atoms with Gasteiger partial charge in [-0.05, 0) is 0 Å². The Balaban J connectivity index is 3.96. The van der Waals surface area contributed by atoms with Crippen molar-refractivity contribution in [2.75, 3.05) is 26.4 Å². The summed E-state index contributed by atoms with van der Waals surface area (Å²) >= 11 is 0. The molecule has 1 unspecified atom stereocenters. The molecule has 0 amide bonds. The van der Waals surface area contributed by atoms with E-state index >= 15 is 0 Å². The molecule has 0 radical (unpaired) electrons. The highest BCUT2D eigenvalue weighted by atomic mass is 16.7. The van der Waals surface area contributed by atoms with Crippen molar-refractivity contribution in [2.24, 2.45) is 0 Å². The van der Waals surface area contributed by atoms with E-state index in [2.05, 4.69) is 19.7 Å². The van der Waals surface area contributed by atoms with Crippen LogP contribution in [0.5, 0.6) is 0 Å². The van der Waals surface area contributed by atoms with E-state index in [0.717, 1.165) is 0 Å². The summed E-state index contributed by atoms with van der Waals surface area (Å²) in [5, 5.41) is 9.71. The Labute approximate surface area is 96.8 Å². The van der Waals surface area contributed by atoms with E-state index in [0.29, 0.717) is 19.8 Å². The van der Waals surface area contributed by atoms with E-state index in [1.807, 2.05) is 0 Å². The Morgan fingerprint density at radius 1 is 0.938 bits per heavy atom. The van der Waals surface area contributed by atoms with E-state index in [9.17, 15) is 5.11 Å². The topological polar surface area (TPSA) is 47.9 Å². The molecule has 1 N–H and O–H groups in total. The summed E-state index contributed by atoms with van der Waals surface area (Å²) < 4.78 is 15.6. The standard InChI is InChI=1S/C12H20O4/c1-4-7-14-10-11(13)12(15-8-5-2)16-9-6-3/h4-6,11-13H,1-3,7-10H2. The first-order valence-corrected chi connectivity index (χ1v) is 5.08. The van der Waals surface area contributed by atoms with E-state index in [1.54, 1.807) is 18.2 Å². The van der Waals surface area contributed by atoms with Crippen LogP contribution in [0.1, 0.15) is 0 Å². The van der Waals surface area contributed by atoms with Crippen LogP contribution < -0.4 is 0 Å². The summed E-state index contributed by atoms with van der Waals surface area (Å²) in [6, 6.07) is 0. The van der Waals surface area contributed by atoms with Gasteiger partial charge in [-0.2, -0.15) is 0 Å². The second-order valence-corrected chi connectivity index (χ2v) is 3.01. The summed E-state index contributed by atoms with van der Waals surface area (Å²) in [5.74, 6) is 0. The molecule has 4 heteroatoms. The van der Waals surface area contributed by atoms with Crippen molar-refractivity contribution in [3.8, 4) is 0 Å². The first-order valence-electron chi connectivity index (χ1n) is 5.08. The first-order chi connectivity index (χ1) is 7.76. The van der Waals surface area contributed by atoms with Crippen molar-refractivity contribution in [3.05, 3.63) is 38.0 Å². The van der Waals surface area contributed by atoms with Gasteiger partial charge in [-0.3, -0.25) is 0 Å². The lowest BCUT2D eigenvalue weighted by molar-refractivity contribution is -0.193. The molecule has 4 nitrogen and oxygen atoms in total. The molecule has 0 heterocycles. The Morgan fingerprint density at radius 2 is 1.44 bits per heavy atom. The minimum absolute atomic E-state index is 0.130. The zero-order valence-electron chi connectivity index (χ0n) is 9.51. The van der Waals surface area contributed by atoms with Gasteiger partial charge in [-0.15, -0.1) is 19.7 Å². The van der Waals surface area contributed by atoms with Crippen molar-refractivity contribution in [1.29, 1.82) is 0 Å². The van der Waals surface area contributed by atoms with Crippen molar-refractivity contribution in [2.45, 2.75) is 12.4 Å². The normalized spacial score (nSPS) is 12.4. The maximum atomic E-state index is 9.71. The van der Waals surface area contributed by atoms with Crippen LogP contribution in [0.2, 0.25) is 0 Å². The molecular formula is C12H20O4. The van der Waals surface area contributed by atoms with Gasteiger partial charge >= 0.3 is 0 Å². The van der Waals surface area contributed by atoms with Gasteiger partial charge in [0.05, 0.1) is 26.4 Å². The molecule has 0 aromatic rings. The summed E-state index contributed by atoms with van der Waals surface area (Å²) in [7, 11) is 0. The number of ether oxygens (including phenoxy) is 3. The fraction of sp³-hybridized carbons (Fsp3) is 0.500. The third-order valence-electron chi connectivity index (χ3n) is 1.60. The van der Waals surface area contributed by atoms with Crippen LogP contribution in [0.4, 0.5) is 0 Å². The third kappa shape index (κ3) is 7.36. The molecule has 1 atom stereocenters. The minimum Gasteiger partial charge on any atom is -0.385 e. The molecule has 0 spiro atoms. The molecule has 0 aromatic carbocycles. The lowest BCUT2D eigenvalue weighted by Crippen LogP contribution is -2.35. The van der Waals surface area contributed by atoms with Gasteiger partial charge in [0.25, 0.3) is 0 Å². The predicted molar refractivity (Wildman–Crippen MR) is 63.1 cm³/mol. The molecule has 16 heavy (non-hydrogen) atoms. The molecule has 0 bridgehead atoms. The van der Waals surface area contributed by atoms with Crippen molar-refractivity contribution in [1.82, 2.24) is 0 Å². The zero-order valence-corrected chi connectivity index (χ0v) is 9.51. The third-order valence-corrected chi connectivity index (χ3v) is 1.60. The van der Waals surface area contributed by atoms with Gasteiger partial charge in [0.2, 0.25) is 0 Å². The van der Waals surface area contributed by atoms with Crippen molar-refractivity contribution < 1.29 is 19.3 Å². The largest absolute Gasteiger partial charge is 0.385 e. The Kier molecular flexibility index (Phi) is 9.95. The highest BCUT2D eigenvalue weighted by molar-refractivity contribution is 4.71. The zero-order chi connectivity index (χ0) is 12.2. The Bertz CT molecular complexity index is 191. The summed E-state index contributed by atoms with van der Waals surface area (Å²) in [4.78, 5) is 0. The average molecular weight is 228 g/mol. The quantitative estimate of drug-likeness (QED) is 0.329. The molecular weight excluding hydrogens is 208 g/mol. The molecule has 0 aliphatic heterocycles. The van der Waals surface area contributed by atoms with Gasteiger partial charge in [0.1, 0.15) is 6.10 Å². The lowest BCUT2D eigenvalue weighted by Gasteiger charge is -2.22. The van der Waals surface area contributed by atoms with Crippen LogP contribution in [0.15, 0.2) is 38.0 Å². The molecule has 0 saturated carbocycles. The number of aliphatic hydroxyl groups excluding tert-OH is 1. The molecule has 92 valence electrons. The van der Waals surface area contributed by atoms with E-state index < -0.39 is 12.4 Å². The molecule has 0 aliphatic rings. The van der Waals surface area contributed by atoms with E-state index in [1.165, 1.54) is 0 Å². The lowest BCUT2D eigenvalue weighted by atomic mass is 10.3. The van der Waals surface area contributed by atoms with Crippen molar-refractivity contribution in [3.63, 3.8) is 0 Å². The summed E-state index contributed by atoms with van der Waals surface area (Å²) in [6.07, 6.45) is 3.20. The second kappa shape index (κ2) is 10.6. The van der Waals surface area contributed by atoms with Crippen LogP contribution in [0.25, 0.3) is 0 Å². The maximum Gasteiger partial charge on any atom is 0.186 e. The smallest absolute Gasteiger partial charge is 0.186 e. The second-order valence-electron chi connectivity index (χ2n) is 3.01. The number of hydrogen-bond donors (Lipinski definition) is 1. The fourth-order valence-corrected chi connectivity index (χ4v) is 0.947. The fourth-order valence-electron chi connectivity index (χ4n) is 0.947. The monoisotopic (exact) mass is 228 g/mol. The van der Waals surface area contributed by atoms with Gasteiger partial charge in [-0.25, -0.2) is 0 Å². The first kappa shape index (κ1) is 15.1. The molecule has 0 aliphatic carbocycles. The number of aliphatic hydroxyl groups is 1. The average Bonchev–Trinajstić information content (AvgIpc) is 2.29. The molecule has 0 fully saturated rings. The Hall–Kier alpha value is -0.940. The van der Waals surface area contributed by atoms with Gasteiger partial charge < -0.3 is 19.3 Å². The van der Waals surface area contributed by atoms with Crippen LogP contribution in [0.3, 0.4) is 0 Å².